The Balaban J connectivity index is 2.05. The quantitative estimate of drug-likeness (QED) is 0.612. The number of hydrogen-bond acceptors (Lipinski definition) is 3. The summed E-state index contributed by atoms with van der Waals surface area (Å²) in [4.78, 5) is 27.0. The highest BCUT2D eigenvalue weighted by Crippen LogP contribution is 2.12. The van der Waals surface area contributed by atoms with E-state index in [2.05, 4.69) is 27.6 Å². The monoisotopic (exact) mass is 386 g/mol. The van der Waals surface area contributed by atoms with Crippen LogP contribution in [0, 0.1) is 3.57 Å². The third-order valence-corrected chi connectivity index (χ3v) is 3.75. The lowest BCUT2D eigenvalue weighted by Crippen LogP contribution is -2.20. The fourth-order valence-corrected chi connectivity index (χ4v) is 2.52. The van der Waals surface area contributed by atoms with E-state index >= 15 is 0 Å². The number of halogens is 1. The lowest BCUT2D eigenvalue weighted by atomic mass is 10.2. The van der Waals surface area contributed by atoms with Gasteiger partial charge in [0.2, 0.25) is 0 Å². The minimum Gasteiger partial charge on any atom is -0.481 e. The summed E-state index contributed by atoms with van der Waals surface area (Å²) in [5.41, 5.74) is 0.671. The number of rotatable bonds is 6. The molecule has 106 valence electrons. The number of aliphatic carboxylic acids is 1. The largest absolute Gasteiger partial charge is 0.481 e. The van der Waals surface area contributed by atoms with Crippen LogP contribution in [0.3, 0.4) is 0 Å². The molecule has 1 aromatic heterocycles. The molecule has 0 amide bonds. The highest BCUT2D eigenvalue weighted by Gasteiger charge is 2.04. The second-order valence-electron chi connectivity index (χ2n) is 4.61. The first-order valence-corrected chi connectivity index (χ1v) is 7.52. The number of carbonyl (C=O) groups is 1. The molecule has 6 heteroatoms. The number of unbranched alkanes of at least 4 members (excludes halogenated alkanes) is 2. The zero-order chi connectivity index (χ0) is 14.5. The van der Waals surface area contributed by atoms with Crippen molar-refractivity contribution in [2.24, 2.45) is 0 Å². The molecule has 0 unspecified atom stereocenters. The Labute approximate surface area is 129 Å². The van der Waals surface area contributed by atoms with E-state index < -0.39 is 5.97 Å². The van der Waals surface area contributed by atoms with Crippen molar-refractivity contribution in [1.29, 1.82) is 0 Å². The maximum atomic E-state index is 12.3. The molecule has 2 aromatic rings. The first-order valence-electron chi connectivity index (χ1n) is 6.44. The molecule has 0 saturated carbocycles. The van der Waals surface area contributed by atoms with Gasteiger partial charge in [-0.25, -0.2) is 4.98 Å². The van der Waals surface area contributed by atoms with Gasteiger partial charge in [0.15, 0.2) is 0 Å². The highest BCUT2D eigenvalue weighted by atomic mass is 127. The van der Waals surface area contributed by atoms with Gasteiger partial charge in [-0.15, -0.1) is 0 Å². The predicted octanol–water partition coefficient (Wildman–Crippen LogP) is 2.65. The molecular formula is C14H15IN2O3. The Bertz CT molecular complexity index is 682. The summed E-state index contributed by atoms with van der Waals surface area (Å²) in [5.74, 6) is -0.774. The first kappa shape index (κ1) is 15.0. The molecule has 1 N–H and O–H groups in total. The topological polar surface area (TPSA) is 72.2 Å². The lowest BCUT2D eigenvalue weighted by molar-refractivity contribution is -0.137. The van der Waals surface area contributed by atoms with E-state index in [4.69, 9.17) is 5.11 Å². The van der Waals surface area contributed by atoms with Crippen molar-refractivity contribution in [3.63, 3.8) is 0 Å². The number of hydrogen-bond donors (Lipinski definition) is 1. The molecule has 0 spiro atoms. The summed E-state index contributed by atoms with van der Waals surface area (Å²) >= 11 is 2.17. The normalized spacial score (nSPS) is 10.8. The smallest absolute Gasteiger partial charge is 0.303 e. The molecule has 1 heterocycles. The Kier molecular flexibility index (Phi) is 5.11. The third-order valence-electron chi connectivity index (χ3n) is 3.08. The number of nitrogens with zero attached hydrogens (tertiary/aromatic N) is 2. The highest BCUT2D eigenvalue weighted by molar-refractivity contribution is 14.1. The van der Waals surface area contributed by atoms with Gasteiger partial charge in [-0.3, -0.25) is 14.2 Å². The standard InChI is InChI=1S/C14H15IN2O3/c15-10-5-6-12-11(8-10)14(20)17(9-16-12)7-3-1-2-4-13(18)19/h5-6,8-9H,1-4,7H2,(H,18,19). The summed E-state index contributed by atoms with van der Waals surface area (Å²) in [5, 5.41) is 9.18. The van der Waals surface area contributed by atoms with Crippen LogP contribution in [-0.4, -0.2) is 20.6 Å². The summed E-state index contributed by atoms with van der Waals surface area (Å²) in [6.45, 7) is 0.576. The Morgan fingerprint density at radius 1 is 1.30 bits per heavy atom. The second kappa shape index (κ2) is 6.83. The fraction of sp³-hybridized carbons (Fsp3) is 0.357. The van der Waals surface area contributed by atoms with E-state index in [1.165, 1.54) is 0 Å². The molecule has 0 saturated heterocycles. The Morgan fingerprint density at radius 3 is 2.85 bits per heavy atom. The van der Waals surface area contributed by atoms with Crippen LogP contribution in [-0.2, 0) is 11.3 Å². The molecular weight excluding hydrogens is 371 g/mol. The zero-order valence-electron chi connectivity index (χ0n) is 10.9. The van der Waals surface area contributed by atoms with Crippen LogP contribution < -0.4 is 5.56 Å². The minimum absolute atomic E-state index is 0.0354. The maximum Gasteiger partial charge on any atom is 0.303 e. The van der Waals surface area contributed by atoms with Gasteiger partial charge in [0.25, 0.3) is 5.56 Å². The SMILES string of the molecule is O=C(O)CCCCCn1cnc2ccc(I)cc2c1=O. The molecule has 0 atom stereocenters. The Morgan fingerprint density at radius 2 is 2.10 bits per heavy atom. The van der Waals surface area contributed by atoms with E-state index in [-0.39, 0.29) is 12.0 Å². The summed E-state index contributed by atoms with van der Waals surface area (Å²) in [6, 6.07) is 5.60. The van der Waals surface area contributed by atoms with Crippen molar-refractivity contribution < 1.29 is 9.90 Å². The van der Waals surface area contributed by atoms with E-state index in [9.17, 15) is 9.59 Å². The maximum absolute atomic E-state index is 12.3. The van der Waals surface area contributed by atoms with Crippen molar-refractivity contribution in [2.75, 3.05) is 0 Å². The second-order valence-corrected chi connectivity index (χ2v) is 5.85. The molecule has 20 heavy (non-hydrogen) atoms. The lowest BCUT2D eigenvalue weighted by Gasteiger charge is -2.06. The van der Waals surface area contributed by atoms with E-state index in [1.807, 2.05) is 18.2 Å². The van der Waals surface area contributed by atoms with E-state index in [0.717, 1.165) is 16.4 Å². The van der Waals surface area contributed by atoms with Crippen molar-refractivity contribution in [3.8, 4) is 0 Å². The average Bonchev–Trinajstić information content (AvgIpc) is 2.41. The molecule has 2 rings (SSSR count). The summed E-state index contributed by atoms with van der Waals surface area (Å²) in [6.07, 6.45) is 3.97. The van der Waals surface area contributed by atoms with Crippen molar-refractivity contribution >= 4 is 39.5 Å². The van der Waals surface area contributed by atoms with Crippen LogP contribution in [0.4, 0.5) is 0 Å². The number of carboxylic acids is 1. The molecule has 0 aliphatic carbocycles. The molecule has 5 nitrogen and oxygen atoms in total. The van der Waals surface area contributed by atoms with E-state index in [1.54, 1.807) is 10.9 Å². The van der Waals surface area contributed by atoms with Crippen LogP contribution in [0.15, 0.2) is 29.3 Å². The fourth-order valence-electron chi connectivity index (χ4n) is 2.03. The van der Waals surface area contributed by atoms with Gasteiger partial charge in [-0.05, 0) is 53.6 Å². The average molecular weight is 386 g/mol. The van der Waals surface area contributed by atoms with Crippen LogP contribution in [0.1, 0.15) is 25.7 Å². The van der Waals surface area contributed by atoms with Crippen LogP contribution in [0.25, 0.3) is 10.9 Å². The van der Waals surface area contributed by atoms with Gasteiger partial charge in [0.1, 0.15) is 0 Å². The van der Waals surface area contributed by atoms with Gasteiger partial charge in [0.05, 0.1) is 17.2 Å². The minimum atomic E-state index is -0.774. The van der Waals surface area contributed by atoms with Crippen molar-refractivity contribution in [2.45, 2.75) is 32.2 Å². The van der Waals surface area contributed by atoms with Gasteiger partial charge in [0, 0.05) is 16.5 Å². The van der Waals surface area contributed by atoms with Crippen molar-refractivity contribution in [3.05, 3.63) is 38.5 Å². The van der Waals surface area contributed by atoms with Crippen molar-refractivity contribution in [1.82, 2.24) is 9.55 Å². The van der Waals surface area contributed by atoms with Crippen LogP contribution in [0.5, 0.6) is 0 Å². The van der Waals surface area contributed by atoms with Gasteiger partial charge >= 0.3 is 5.97 Å². The van der Waals surface area contributed by atoms with Crippen LogP contribution in [0.2, 0.25) is 0 Å². The van der Waals surface area contributed by atoms with Gasteiger partial charge in [-0.1, -0.05) is 6.42 Å². The Hall–Kier alpha value is -1.44. The van der Waals surface area contributed by atoms with Crippen LogP contribution >= 0.6 is 22.6 Å². The molecule has 0 bridgehead atoms. The first-order chi connectivity index (χ1) is 9.58. The third kappa shape index (κ3) is 3.78. The number of aryl methyl sites for hydroxylation is 1. The number of fused-ring (bicyclic) bond motifs is 1. The predicted molar refractivity (Wildman–Crippen MR) is 84.8 cm³/mol. The molecule has 0 aliphatic rings. The molecule has 0 aliphatic heterocycles. The number of carboxylic acid groups (broad SMARTS) is 1. The summed E-state index contributed by atoms with van der Waals surface area (Å²) < 4.78 is 2.60. The zero-order valence-corrected chi connectivity index (χ0v) is 13.0. The molecule has 0 fully saturated rings. The van der Waals surface area contributed by atoms with Gasteiger partial charge in [-0.2, -0.15) is 0 Å². The summed E-state index contributed by atoms with van der Waals surface area (Å²) in [7, 11) is 0. The molecule has 1 aromatic carbocycles. The number of aromatic nitrogens is 2. The molecule has 0 radical (unpaired) electrons. The number of benzene rings is 1. The van der Waals surface area contributed by atoms with Gasteiger partial charge < -0.3 is 5.11 Å². The van der Waals surface area contributed by atoms with E-state index in [0.29, 0.717) is 23.9 Å².